The highest BCUT2D eigenvalue weighted by molar-refractivity contribution is 4.84. The minimum atomic E-state index is 0.454. The lowest BCUT2D eigenvalue weighted by atomic mass is 9.74. The van der Waals surface area contributed by atoms with Crippen LogP contribution in [-0.2, 0) is 0 Å². The van der Waals surface area contributed by atoms with E-state index in [2.05, 4.69) is 26.1 Å². The first-order valence-electron chi connectivity index (χ1n) is 4.97. The summed E-state index contributed by atoms with van der Waals surface area (Å²) >= 11 is 0. The Balaban J connectivity index is 2.46. The zero-order valence-corrected chi connectivity index (χ0v) is 8.56. The maximum absolute atomic E-state index is 5.65. The highest BCUT2D eigenvalue weighted by atomic mass is 14.9. The molecule has 1 fully saturated rings. The van der Waals surface area contributed by atoms with Crippen molar-refractivity contribution >= 4 is 0 Å². The maximum atomic E-state index is 5.65. The predicted molar refractivity (Wildman–Crippen MR) is 53.0 cm³/mol. The molecule has 1 saturated heterocycles. The van der Waals surface area contributed by atoms with Crippen molar-refractivity contribution in [3.05, 3.63) is 0 Å². The molecular weight excluding hydrogens is 148 g/mol. The van der Waals surface area contributed by atoms with E-state index in [0.29, 0.717) is 11.5 Å². The van der Waals surface area contributed by atoms with Crippen LogP contribution in [0.5, 0.6) is 0 Å². The van der Waals surface area contributed by atoms with Crippen LogP contribution in [0, 0.1) is 11.3 Å². The standard InChI is InChI=1S/C10H22N2/c1-10(2,3)8-4-5-12-9(6-8)7-11/h8-9,12H,4-7,11H2,1-3H3/t8-,9+/m1/s1. The third-order valence-corrected chi connectivity index (χ3v) is 3.00. The quantitative estimate of drug-likeness (QED) is 0.623. The van der Waals surface area contributed by atoms with Gasteiger partial charge in [0.05, 0.1) is 0 Å². The summed E-state index contributed by atoms with van der Waals surface area (Å²) < 4.78 is 0. The summed E-state index contributed by atoms with van der Waals surface area (Å²) in [5.74, 6) is 0.840. The molecule has 1 aliphatic heterocycles. The van der Waals surface area contributed by atoms with Crippen molar-refractivity contribution in [1.82, 2.24) is 5.32 Å². The maximum Gasteiger partial charge on any atom is 0.0193 e. The topological polar surface area (TPSA) is 38.0 Å². The lowest BCUT2D eigenvalue weighted by molar-refractivity contribution is 0.162. The molecule has 3 N–H and O–H groups in total. The van der Waals surface area contributed by atoms with Crippen LogP contribution in [0.2, 0.25) is 0 Å². The Kier molecular flexibility index (Phi) is 3.13. The molecule has 12 heavy (non-hydrogen) atoms. The molecule has 0 radical (unpaired) electrons. The second kappa shape index (κ2) is 3.75. The highest BCUT2D eigenvalue weighted by Crippen LogP contribution is 2.33. The van der Waals surface area contributed by atoms with Crippen LogP contribution in [0.25, 0.3) is 0 Å². The molecule has 1 heterocycles. The van der Waals surface area contributed by atoms with Gasteiger partial charge in [0.1, 0.15) is 0 Å². The summed E-state index contributed by atoms with van der Waals surface area (Å²) in [6.07, 6.45) is 2.56. The summed E-state index contributed by atoms with van der Waals surface area (Å²) in [5, 5.41) is 3.45. The summed E-state index contributed by atoms with van der Waals surface area (Å²) in [6.45, 7) is 8.92. The van der Waals surface area contributed by atoms with Gasteiger partial charge in [-0.1, -0.05) is 20.8 Å². The molecule has 2 atom stereocenters. The van der Waals surface area contributed by atoms with Gasteiger partial charge in [0.2, 0.25) is 0 Å². The van der Waals surface area contributed by atoms with Crippen molar-refractivity contribution in [3.63, 3.8) is 0 Å². The molecule has 0 aromatic carbocycles. The van der Waals surface area contributed by atoms with Crippen molar-refractivity contribution in [2.24, 2.45) is 17.1 Å². The van der Waals surface area contributed by atoms with Gasteiger partial charge in [-0.15, -0.1) is 0 Å². The molecule has 0 bridgehead atoms. The molecule has 0 amide bonds. The average Bonchev–Trinajstić information content (AvgIpc) is 2.03. The molecule has 0 spiro atoms. The molecule has 2 nitrogen and oxygen atoms in total. The second-order valence-corrected chi connectivity index (χ2v) is 4.97. The number of hydrogen-bond donors (Lipinski definition) is 2. The van der Waals surface area contributed by atoms with Gasteiger partial charge < -0.3 is 11.1 Å². The van der Waals surface area contributed by atoms with Crippen LogP contribution >= 0.6 is 0 Å². The van der Waals surface area contributed by atoms with Crippen LogP contribution in [0.4, 0.5) is 0 Å². The highest BCUT2D eigenvalue weighted by Gasteiger charge is 2.29. The van der Waals surface area contributed by atoms with Gasteiger partial charge in [0.25, 0.3) is 0 Å². The van der Waals surface area contributed by atoms with E-state index in [1.807, 2.05) is 0 Å². The van der Waals surface area contributed by atoms with Crippen molar-refractivity contribution in [1.29, 1.82) is 0 Å². The van der Waals surface area contributed by atoms with Gasteiger partial charge in [0, 0.05) is 12.6 Å². The van der Waals surface area contributed by atoms with Crippen LogP contribution in [0.1, 0.15) is 33.6 Å². The van der Waals surface area contributed by atoms with Gasteiger partial charge in [-0.2, -0.15) is 0 Å². The molecule has 1 aliphatic rings. The van der Waals surface area contributed by atoms with E-state index >= 15 is 0 Å². The average molecular weight is 170 g/mol. The Morgan fingerprint density at radius 3 is 2.58 bits per heavy atom. The Bertz CT molecular complexity index is 137. The lowest BCUT2D eigenvalue weighted by Crippen LogP contribution is -2.45. The van der Waals surface area contributed by atoms with E-state index < -0.39 is 0 Å². The van der Waals surface area contributed by atoms with E-state index in [9.17, 15) is 0 Å². The third kappa shape index (κ3) is 2.46. The monoisotopic (exact) mass is 170 g/mol. The molecule has 0 saturated carbocycles. The Morgan fingerprint density at radius 2 is 2.08 bits per heavy atom. The minimum Gasteiger partial charge on any atom is -0.329 e. The van der Waals surface area contributed by atoms with Gasteiger partial charge in [-0.25, -0.2) is 0 Å². The molecule has 72 valence electrons. The van der Waals surface area contributed by atoms with Gasteiger partial charge in [0.15, 0.2) is 0 Å². The summed E-state index contributed by atoms with van der Waals surface area (Å²) in [4.78, 5) is 0. The van der Waals surface area contributed by atoms with Crippen LogP contribution < -0.4 is 11.1 Å². The number of rotatable bonds is 1. The first kappa shape index (κ1) is 10.0. The fraction of sp³-hybridized carbons (Fsp3) is 1.00. The minimum absolute atomic E-state index is 0.454. The van der Waals surface area contributed by atoms with E-state index in [0.717, 1.165) is 19.0 Å². The summed E-state index contributed by atoms with van der Waals surface area (Å²) in [7, 11) is 0. The van der Waals surface area contributed by atoms with Crippen molar-refractivity contribution < 1.29 is 0 Å². The molecule has 0 aromatic heterocycles. The van der Waals surface area contributed by atoms with Crippen molar-refractivity contribution in [3.8, 4) is 0 Å². The van der Waals surface area contributed by atoms with Crippen LogP contribution in [-0.4, -0.2) is 19.1 Å². The lowest BCUT2D eigenvalue weighted by Gasteiger charge is -2.37. The zero-order chi connectivity index (χ0) is 9.19. The zero-order valence-electron chi connectivity index (χ0n) is 8.56. The van der Waals surface area contributed by atoms with Gasteiger partial charge in [-0.05, 0) is 30.7 Å². The Labute approximate surface area is 75.9 Å². The number of hydrogen-bond acceptors (Lipinski definition) is 2. The molecule has 1 rings (SSSR count). The first-order chi connectivity index (χ1) is 5.54. The molecule has 2 heteroatoms. The summed E-state index contributed by atoms with van der Waals surface area (Å²) in [5.41, 5.74) is 6.10. The number of nitrogens with two attached hydrogens (primary N) is 1. The summed E-state index contributed by atoms with van der Waals surface area (Å²) in [6, 6.07) is 0.558. The van der Waals surface area contributed by atoms with Gasteiger partial charge >= 0.3 is 0 Å². The van der Waals surface area contributed by atoms with Crippen molar-refractivity contribution in [2.75, 3.05) is 13.1 Å². The Morgan fingerprint density at radius 1 is 1.42 bits per heavy atom. The second-order valence-electron chi connectivity index (χ2n) is 4.97. The fourth-order valence-electron chi connectivity index (χ4n) is 1.97. The van der Waals surface area contributed by atoms with E-state index in [-0.39, 0.29) is 0 Å². The predicted octanol–water partition coefficient (Wildman–Crippen LogP) is 1.36. The number of piperidine rings is 1. The van der Waals surface area contributed by atoms with E-state index in [1.54, 1.807) is 0 Å². The van der Waals surface area contributed by atoms with Crippen LogP contribution in [0.3, 0.4) is 0 Å². The molecule has 0 aromatic rings. The van der Waals surface area contributed by atoms with Crippen LogP contribution in [0.15, 0.2) is 0 Å². The molecule has 0 aliphatic carbocycles. The largest absolute Gasteiger partial charge is 0.329 e. The molecule has 0 unspecified atom stereocenters. The Hall–Kier alpha value is -0.0800. The van der Waals surface area contributed by atoms with Crippen molar-refractivity contribution in [2.45, 2.75) is 39.7 Å². The smallest absolute Gasteiger partial charge is 0.0193 e. The van der Waals surface area contributed by atoms with E-state index in [4.69, 9.17) is 5.73 Å². The van der Waals surface area contributed by atoms with E-state index in [1.165, 1.54) is 12.8 Å². The number of nitrogens with one attached hydrogen (secondary N) is 1. The first-order valence-corrected chi connectivity index (χ1v) is 4.97. The molecular formula is C10H22N2. The third-order valence-electron chi connectivity index (χ3n) is 3.00. The normalized spacial score (nSPS) is 32.0. The SMILES string of the molecule is CC(C)(C)[C@@H]1CCN[C@H](CN)C1. The van der Waals surface area contributed by atoms with Gasteiger partial charge in [-0.3, -0.25) is 0 Å². The fourth-order valence-corrected chi connectivity index (χ4v) is 1.97.